The maximum Gasteiger partial charge on any atom is 0.258 e. The van der Waals surface area contributed by atoms with Gasteiger partial charge in [-0.1, -0.05) is 6.07 Å². The Kier molecular flexibility index (Phi) is 4.47. The Morgan fingerprint density at radius 3 is 2.68 bits per heavy atom. The summed E-state index contributed by atoms with van der Waals surface area (Å²) in [6.45, 7) is 0.586. The van der Waals surface area contributed by atoms with E-state index in [-0.39, 0.29) is 5.91 Å². The van der Waals surface area contributed by atoms with Gasteiger partial charge in [-0.25, -0.2) is 0 Å². The Labute approximate surface area is 167 Å². The number of rotatable bonds is 3. The van der Waals surface area contributed by atoms with Gasteiger partial charge in [0.05, 0.1) is 6.54 Å². The smallest absolute Gasteiger partial charge is 0.258 e. The number of fused-ring (bicyclic) bond motifs is 1. The van der Waals surface area contributed by atoms with Crippen LogP contribution in [0.25, 0.3) is 0 Å². The van der Waals surface area contributed by atoms with E-state index >= 15 is 0 Å². The fourth-order valence-electron chi connectivity index (χ4n) is 2.87. The van der Waals surface area contributed by atoms with Gasteiger partial charge in [-0.15, -0.1) is 0 Å². The summed E-state index contributed by atoms with van der Waals surface area (Å²) in [7, 11) is 0. The van der Waals surface area contributed by atoms with Crippen molar-refractivity contribution in [3.63, 3.8) is 0 Å². The van der Waals surface area contributed by atoms with E-state index in [0.717, 1.165) is 36.2 Å². The zero-order valence-corrected chi connectivity index (χ0v) is 16.8. The van der Waals surface area contributed by atoms with Gasteiger partial charge < -0.3 is 10.2 Å². The predicted octanol–water partition coefficient (Wildman–Crippen LogP) is 5.35. The average Bonchev–Trinajstić information content (AvgIpc) is 2.93. The van der Waals surface area contributed by atoms with Crippen LogP contribution in [0, 0.1) is 3.57 Å². The van der Waals surface area contributed by atoms with Gasteiger partial charge in [0.25, 0.3) is 5.91 Å². The van der Waals surface area contributed by atoms with Crippen LogP contribution in [0.3, 0.4) is 0 Å². The first-order valence-corrected chi connectivity index (χ1v) is 9.56. The number of carbonyl (C=O) groups excluding carboxylic acids is 1. The Hall–Kier alpha value is -1.93. The number of aromatic nitrogens is 1. The van der Waals surface area contributed by atoms with Crippen molar-refractivity contribution in [3.05, 3.63) is 80.1 Å². The molecule has 0 bridgehead atoms. The summed E-state index contributed by atoms with van der Waals surface area (Å²) in [5.74, 6) is 0.0430. The summed E-state index contributed by atoms with van der Waals surface area (Å²) in [4.78, 5) is 18.6. The highest BCUT2D eigenvalue weighted by Gasteiger charge is 2.29. The van der Waals surface area contributed by atoms with Crippen LogP contribution >= 0.6 is 38.5 Å². The van der Waals surface area contributed by atoms with Crippen molar-refractivity contribution < 1.29 is 4.79 Å². The number of halogens is 2. The van der Waals surface area contributed by atoms with Crippen molar-refractivity contribution in [2.24, 2.45) is 0 Å². The van der Waals surface area contributed by atoms with Gasteiger partial charge in [0.1, 0.15) is 0 Å². The van der Waals surface area contributed by atoms with E-state index < -0.39 is 0 Å². The minimum atomic E-state index is 0.0430. The number of benzene rings is 2. The van der Waals surface area contributed by atoms with Crippen LogP contribution in [-0.2, 0) is 6.54 Å². The molecular weight excluding hydrogens is 493 g/mol. The number of nitrogens with one attached hydrogen (secondary N) is 1. The molecule has 4 rings (SSSR count). The zero-order valence-electron chi connectivity index (χ0n) is 13.0. The molecule has 124 valence electrons. The summed E-state index contributed by atoms with van der Waals surface area (Å²) in [6.07, 6.45) is 3.48. The first-order chi connectivity index (χ1) is 12.1. The van der Waals surface area contributed by atoms with Gasteiger partial charge in [-0.3, -0.25) is 9.78 Å². The first kappa shape index (κ1) is 16.5. The molecule has 0 radical (unpaired) electrons. The molecule has 1 aliphatic heterocycles. The van der Waals surface area contributed by atoms with Crippen LogP contribution in [0.1, 0.15) is 15.9 Å². The average molecular weight is 506 g/mol. The standard InChI is InChI=1S/C19H13BrIN3O/c20-17-8-12-11-24(19(25)16(12)10-18(17)21)15-3-1-2-14(9-15)23-13-4-6-22-7-5-13/h1-10H,11H2,(H,22,23). The molecule has 2 aromatic carbocycles. The largest absolute Gasteiger partial charge is 0.355 e. The van der Waals surface area contributed by atoms with E-state index in [4.69, 9.17) is 0 Å². The van der Waals surface area contributed by atoms with Gasteiger partial charge >= 0.3 is 0 Å². The monoisotopic (exact) mass is 505 g/mol. The number of hydrogen-bond donors (Lipinski definition) is 1. The van der Waals surface area contributed by atoms with Gasteiger partial charge in [-0.05, 0) is 86.5 Å². The minimum absolute atomic E-state index is 0.0430. The van der Waals surface area contributed by atoms with Crippen LogP contribution in [-0.4, -0.2) is 10.9 Å². The van der Waals surface area contributed by atoms with Gasteiger partial charge in [0.15, 0.2) is 0 Å². The molecule has 4 nitrogen and oxygen atoms in total. The molecule has 0 atom stereocenters. The van der Waals surface area contributed by atoms with Gasteiger partial charge in [0, 0.05) is 43.1 Å². The van der Waals surface area contributed by atoms with Crippen molar-refractivity contribution in [2.75, 3.05) is 10.2 Å². The number of carbonyl (C=O) groups is 1. The number of pyridine rings is 1. The highest BCUT2D eigenvalue weighted by atomic mass is 127. The number of nitrogens with zero attached hydrogens (tertiary/aromatic N) is 2. The lowest BCUT2D eigenvalue weighted by atomic mass is 10.1. The third-order valence-electron chi connectivity index (χ3n) is 4.08. The Bertz CT molecular complexity index is 962. The van der Waals surface area contributed by atoms with Crippen molar-refractivity contribution >= 4 is 61.5 Å². The summed E-state index contributed by atoms with van der Waals surface area (Å²) >= 11 is 5.78. The maximum atomic E-state index is 12.8. The normalized spacial score (nSPS) is 13.0. The maximum absolute atomic E-state index is 12.8. The van der Waals surface area contributed by atoms with Gasteiger partial charge in [-0.2, -0.15) is 0 Å². The topological polar surface area (TPSA) is 45.2 Å². The summed E-state index contributed by atoms with van der Waals surface area (Å²) in [5.41, 5.74) is 4.60. The quantitative estimate of drug-likeness (QED) is 0.488. The molecule has 0 aliphatic carbocycles. The van der Waals surface area contributed by atoms with Crippen molar-refractivity contribution in [2.45, 2.75) is 6.54 Å². The molecule has 0 saturated heterocycles. The summed E-state index contributed by atoms with van der Waals surface area (Å²) < 4.78 is 2.06. The molecule has 0 unspecified atom stereocenters. The summed E-state index contributed by atoms with van der Waals surface area (Å²) in [5, 5.41) is 3.34. The van der Waals surface area contributed by atoms with Crippen molar-refractivity contribution in [1.29, 1.82) is 0 Å². The van der Waals surface area contributed by atoms with Crippen molar-refractivity contribution in [1.82, 2.24) is 4.98 Å². The minimum Gasteiger partial charge on any atom is -0.355 e. The van der Waals surface area contributed by atoms with Crippen LogP contribution in [0.15, 0.2) is 65.4 Å². The SMILES string of the molecule is O=C1c2cc(I)c(Br)cc2CN1c1cccc(Nc2ccncc2)c1. The van der Waals surface area contributed by atoms with Crippen LogP contribution < -0.4 is 10.2 Å². The van der Waals surface area contributed by atoms with Crippen molar-refractivity contribution in [3.8, 4) is 0 Å². The molecule has 1 aromatic heterocycles. The molecule has 3 aromatic rings. The van der Waals surface area contributed by atoms with E-state index in [1.165, 1.54) is 0 Å². The van der Waals surface area contributed by atoms with Crippen LogP contribution in [0.2, 0.25) is 0 Å². The second kappa shape index (κ2) is 6.76. The second-order valence-corrected chi connectivity index (χ2v) is 7.74. The van der Waals surface area contributed by atoms with E-state index in [2.05, 4.69) is 48.8 Å². The van der Waals surface area contributed by atoms with Crippen LogP contribution in [0.4, 0.5) is 17.1 Å². The van der Waals surface area contributed by atoms with E-state index in [9.17, 15) is 4.79 Å². The molecule has 25 heavy (non-hydrogen) atoms. The highest BCUT2D eigenvalue weighted by Crippen LogP contribution is 2.33. The first-order valence-electron chi connectivity index (χ1n) is 7.69. The Morgan fingerprint density at radius 2 is 1.88 bits per heavy atom. The fraction of sp³-hybridized carbons (Fsp3) is 0.0526. The Balaban J connectivity index is 1.63. The lowest BCUT2D eigenvalue weighted by Gasteiger charge is -2.17. The molecule has 2 heterocycles. The van der Waals surface area contributed by atoms with Gasteiger partial charge in [0.2, 0.25) is 0 Å². The number of hydrogen-bond acceptors (Lipinski definition) is 3. The predicted molar refractivity (Wildman–Crippen MR) is 111 cm³/mol. The second-order valence-electron chi connectivity index (χ2n) is 5.73. The fourth-order valence-corrected chi connectivity index (χ4v) is 3.73. The zero-order chi connectivity index (χ0) is 17.4. The van der Waals surface area contributed by atoms with E-state index in [1.54, 1.807) is 12.4 Å². The third-order valence-corrected chi connectivity index (χ3v) is 6.37. The lowest BCUT2D eigenvalue weighted by molar-refractivity contribution is 0.0996. The van der Waals surface area contributed by atoms with E-state index in [0.29, 0.717) is 6.54 Å². The molecule has 0 saturated carbocycles. The number of anilines is 3. The molecule has 1 amide bonds. The molecule has 1 aliphatic rings. The molecule has 6 heteroatoms. The summed E-state index contributed by atoms with van der Waals surface area (Å²) in [6, 6.07) is 15.7. The van der Waals surface area contributed by atoms with E-state index in [1.807, 2.05) is 53.4 Å². The molecule has 1 N–H and O–H groups in total. The highest BCUT2D eigenvalue weighted by molar-refractivity contribution is 14.1. The number of amides is 1. The third kappa shape index (κ3) is 3.28. The molecular formula is C19H13BrIN3O. The molecule has 0 spiro atoms. The Morgan fingerprint density at radius 1 is 1.08 bits per heavy atom. The molecule has 0 fully saturated rings. The lowest BCUT2D eigenvalue weighted by Crippen LogP contribution is -2.22. The van der Waals surface area contributed by atoms with Crippen LogP contribution in [0.5, 0.6) is 0 Å².